The molecule has 0 radical (unpaired) electrons. The van der Waals surface area contributed by atoms with Gasteiger partial charge < -0.3 is 11.1 Å². The van der Waals surface area contributed by atoms with Crippen LogP contribution in [0, 0.1) is 0 Å². The fourth-order valence-corrected chi connectivity index (χ4v) is 3.82. The molecule has 2 rings (SSSR count). The van der Waals surface area contributed by atoms with Crippen LogP contribution in [0.1, 0.15) is 17.6 Å². The van der Waals surface area contributed by atoms with E-state index in [1.54, 1.807) is 12.1 Å². The van der Waals surface area contributed by atoms with Gasteiger partial charge in [0.15, 0.2) is 0 Å². The van der Waals surface area contributed by atoms with Crippen molar-refractivity contribution in [3.63, 3.8) is 0 Å². The Balaban J connectivity index is 2.04. The fourth-order valence-electron chi connectivity index (χ4n) is 1.98. The van der Waals surface area contributed by atoms with E-state index >= 15 is 0 Å². The van der Waals surface area contributed by atoms with E-state index in [2.05, 4.69) is 15.0 Å². The van der Waals surface area contributed by atoms with Gasteiger partial charge in [-0.3, -0.25) is 4.79 Å². The minimum atomic E-state index is -3.63. The first-order valence-electron chi connectivity index (χ1n) is 7.47. The summed E-state index contributed by atoms with van der Waals surface area (Å²) in [4.78, 5) is 16.5. The van der Waals surface area contributed by atoms with Gasteiger partial charge in [0.1, 0.15) is 0 Å². The topological polar surface area (TPSA) is 114 Å². The molecule has 0 saturated heterocycles. The number of nitrogens with zero attached hydrogens (tertiary/aromatic N) is 1. The van der Waals surface area contributed by atoms with E-state index in [-0.39, 0.29) is 30.3 Å². The fraction of sp³-hybridized carbons (Fsp3) is 0.333. The molecule has 1 aromatic carbocycles. The van der Waals surface area contributed by atoms with Crippen molar-refractivity contribution in [3.05, 3.63) is 40.3 Å². The van der Waals surface area contributed by atoms with E-state index in [1.165, 1.54) is 23.5 Å². The molecule has 4 N–H and O–H groups in total. The summed E-state index contributed by atoms with van der Waals surface area (Å²) in [6.07, 6.45) is 0.987. The highest BCUT2D eigenvalue weighted by Gasteiger charge is 2.14. The zero-order valence-corrected chi connectivity index (χ0v) is 14.9. The van der Waals surface area contributed by atoms with E-state index in [1.807, 2.05) is 12.3 Å². The number of hydrogen-bond donors (Lipinski definition) is 3. The number of rotatable bonds is 8. The average Bonchev–Trinajstić information content (AvgIpc) is 3.00. The Morgan fingerprint density at radius 1 is 1.38 bits per heavy atom. The van der Waals surface area contributed by atoms with Crippen molar-refractivity contribution in [1.29, 1.82) is 0 Å². The lowest BCUT2D eigenvalue weighted by Gasteiger charge is -2.08. The minimum Gasteiger partial charge on any atom is -0.329 e. The molecule has 1 amide bonds. The number of benzene rings is 1. The smallest absolute Gasteiger partial charge is 0.240 e. The standard InChI is InChI=1S/C15H20N4O3S2/c1-2-15-19-12(10-23-15)9-14(20)18-11-4-3-5-13(8-11)24(21,22)17-7-6-16/h3-5,8,10,17H,2,6-7,9,16H2,1H3,(H,18,20). The molecule has 0 fully saturated rings. The number of amides is 1. The molecule has 0 saturated carbocycles. The first-order valence-corrected chi connectivity index (χ1v) is 9.84. The van der Waals surface area contributed by atoms with Gasteiger partial charge >= 0.3 is 0 Å². The molecule has 24 heavy (non-hydrogen) atoms. The van der Waals surface area contributed by atoms with Gasteiger partial charge in [0.25, 0.3) is 0 Å². The summed E-state index contributed by atoms with van der Waals surface area (Å²) in [5.41, 5.74) is 6.43. The normalized spacial score (nSPS) is 11.4. The Hall–Kier alpha value is -1.81. The number of aromatic nitrogens is 1. The maximum atomic E-state index is 12.1. The zero-order chi connectivity index (χ0) is 17.6. The molecular weight excluding hydrogens is 348 g/mol. The molecule has 2 aromatic rings. The van der Waals surface area contributed by atoms with Gasteiger partial charge in [-0.2, -0.15) is 0 Å². The highest BCUT2D eigenvalue weighted by atomic mass is 32.2. The van der Waals surface area contributed by atoms with Gasteiger partial charge in [0, 0.05) is 24.2 Å². The van der Waals surface area contributed by atoms with Crippen LogP contribution in [0.2, 0.25) is 0 Å². The van der Waals surface area contributed by atoms with Gasteiger partial charge in [-0.25, -0.2) is 18.1 Å². The number of thiazole rings is 1. The van der Waals surface area contributed by atoms with Gasteiger partial charge in [-0.15, -0.1) is 11.3 Å². The number of carbonyl (C=O) groups excluding carboxylic acids is 1. The summed E-state index contributed by atoms with van der Waals surface area (Å²) in [7, 11) is -3.63. The Kier molecular flexibility index (Phi) is 6.44. The van der Waals surface area contributed by atoms with Gasteiger partial charge in [-0.1, -0.05) is 13.0 Å². The largest absolute Gasteiger partial charge is 0.329 e. The number of aryl methyl sites for hydroxylation is 1. The highest BCUT2D eigenvalue weighted by molar-refractivity contribution is 7.89. The third-order valence-corrected chi connectivity index (χ3v) is 5.61. The second kappa shape index (κ2) is 8.34. The van der Waals surface area contributed by atoms with Crippen LogP contribution >= 0.6 is 11.3 Å². The lowest BCUT2D eigenvalue weighted by Crippen LogP contribution is -2.29. The van der Waals surface area contributed by atoms with E-state index in [4.69, 9.17) is 5.73 Å². The van der Waals surface area contributed by atoms with Crippen molar-refractivity contribution in [1.82, 2.24) is 9.71 Å². The van der Waals surface area contributed by atoms with Crippen LogP contribution in [0.5, 0.6) is 0 Å². The van der Waals surface area contributed by atoms with E-state index in [0.29, 0.717) is 11.4 Å². The third kappa shape index (κ3) is 5.10. The van der Waals surface area contributed by atoms with Crippen LogP contribution < -0.4 is 15.8 Å². The maximum absolute atomic E-state index is 12.1. The van der Waals surface area contributed by atoms with Gasteiger partial charge in [-0.05, 0) is 24.6 Å². The van der Waals surface area contributed by atoms with Crippen LogP contribution in [0.4, 0.5) is 5.69 Å². The maximum Gasteiger partial charge on any atom is 0.240 e. The summed E-state index contributed by atoms with van der Waals surface area (Å²) >= 11 is 1.52. The van der Waals surface area contributed by atoms with Crippen LogP contribution in [0.15, 0.2) is 34.5 Å². The quantitative estimate of drug-likeness (QED) is 0.646. The Morgan fingerprint density at radius 3 is 2.83 bits per heavy atom. The second-order valence-electron chi connectivity index (χ2n) is 5.03. The van der Waals surface area contributed by atoms with Crippen molar-refractivity contribution in [3.8, 4) is 0 Å². The number of carbonyl (C=O) groups is 1. The molecule has 130 valence electrons. The molecule has 0 atom stereocenters. The molecule has 1 heterocycles. The summed E-state index contributed by atoms with van der Waals surface area (Å²) < 4.78 is 26.5. The van der Waals surface area contributed by atoms with Crippen LogP contribution in [0.3, 0.4) is 0 Å². The lowest BCUT2D eigenvalue weighted by molar-refractivity contribution is -0.115. The predicted octanol–water partition coefficient (Wildman–Crippen LogP) is 1.12. The van der Waals surface area contributed by atoms with Gasteiger partial charge in [0.2, 0.25) is 15.9 Å². The summed E-state index contributed by atoms with van der Waals surface area (Å²) in [5, 5.41) is 5.54. The van der Waals surface area contributed by atoms with E-state index in [0.717, 1.165) is 11.4 Å². The van der Waals surface area contributed by atoms with Crippen LogP contribution in [-0.4, -0.2) is 32.4 Å². The minimum absolute atomic E-state index is 0.0793. The van der Waals surface area contributed by atoms with Crippen molar-refractivity contribution >= 4 is 33.0 Å². The lowest BCUT2D eigenvalue weighted by atomic mass is 10.3. The molecule has 7 nitrogen and oxygen atoms in total. The molecule has 0 aliphatic carbocycles. The molecule has 0 unspecified atom stereocenters. The van der Waals surface area contributed by atoms with Crippen molar-refractivity contribution in [2.24, 2.45) is 5.73 Å². The second-order valence-corrected chi connectivity index (χ2v) is 7.73. The Bertz CT molecular complexity index is 803. The third-order valence-electron chi connectivity index (χ3n) is 3.11. The first-order chi connectivity index (χ1) is 11.4. The number of anilines is 1. The SMILES string of the molecule is CCc1nc(CC(=O)Nc2cccc(S(=O)(=O)NCCN)c2)cs1. The molecule has 0 bridgehead atoms. The zero-order valence-electron chi connectivity index (χ0n) is 13.3. The summed E-state index contributed by atoms with van der Waals surface area (Å²) in [6, 6.07) is 6.08. The van der Waals surface area contributed by atoms with Crippen LogP contribution in [-0.2, 0) is 27.7 Å². The van der Waals surface area contributed by atoms with Crippen molar-refractivity contribution in [2.75, 3.05) is 18.4 Å². The van der Waals surface area contributed by atoms with Crippen LogP contribution in [0.25, 0.3) is 0 Å². The predicted molar refractivity (Wildman–Crippen MR) is 94.5 cm³/mol. The van der Waals surface area contributed by atoms with Gasteiger partial charge in [0.05, 0.1) is 22.0 Å². The first kappa shape index (κ1) is 18.5. The number of sulfonamides is 1. The Morgan fingerprint density at radius 2 is 2.17 bits per heavy atom. The molecule has 0 spiro atoms. The number of nitrogens with one attached hydrogen (secondary N) is 2. The molecule has 0 aliphatic heterocycles. The Labute approximate surface area is 145 Å². The van der Waals surface area contributed by atoms with E-state index < -0.39 is 10.0 Å². The van der Waals surface area contributed by atoms with Crippen molar-refractivity contribution < 1.29 is 13.2 Å². The molecule has 9 heteroatoms. The molecular formula is C15H20N4O3S2. The number of hydrogen-bond acceptors (Lipinski definition) is 6. The molecule has 1 aromatic heterocycles. The number of nitrogens with two attached hydrogens (primary N) is 1. The van der Waals surface area contributed by atoms with E-state index in [9.17, 15) is 13.2 Å². The highest BCUT2D eigenvalue weighted by Crippen LogP contribution is 2.16. The molecule has 0 aliphatic rings. The monoisotopic (exact) mass is 368 g/mol. The summed E-state index contributed by atoms with van der Waals surface area (Å²) in [5.74, 6) is -0.243. The average molecular weight is 368 g/mol. The summed E-state index contributed by atoms with van der Waals surface area (Å²) in [6.45, 7) is 2.37. The van der Waals surface area contributed by atoms with Crippen molar-refractivity contribution in [2.45, 2.75) is 24.7 Å².